The predicted octanol–water partition coefficient (Wildman–Crippen LogP) is 2.98. The SMILES string of the molecule is CCN[C@H](C)CNC(=O)c1ccc(C)c(NC(=O)c2ccccc2)c1. The third-order valence-electron chi connectivity index (χ3n) is 3.91. The summed E-state index contributed by atoms with van der Waals surface area (Å²) in [5.74, 6) is -0.345. The van der Waals surface area contributed by atoms with Crippen LogP contribution >= 0.6 is 0 Å². The van der Waals surface area contributed by atoms with Gasteiger partial charge in [0.15, 0.2) is 0 Å². The molecule has 0 bridgehead atoms. The van der Waals surface area contributed by atoms with Gasteiger partial charge in [-0.05, 0) is 50.2 Å². The van der Waals surface area contributed by atoms with Gasteiger partial charge in [-0.15, -0.1) is 0 Å². The topological polar surface area (TPSA) is 70.2 Å². The summed E-state index contributed by atoms with van der Waals surface area (Å²) in [5, 5.41) is 9.02. The minimum absolute atomic E-state index is 0.153. The summed E-state index contributed by atoms with van der Waals surface area (Å²) in [6, 6.07) is 14.5. The number of aryl methyl sites for hydroxylation is 1. The van der Waals surface area contributed by atoms with E-state index in [9.17, 15) is 9.59 Å². The van der Waals surface area contributed by atoms with Crippen molar-refractivity contribution in [1.29, 1.82) is 0 Å². The molecule has 2 aromatic rings. The van der Waals surface area contributed by atoms with Crippen molar-refractivity contribution in [3.8, 4) is 0 Å². The summed E-state index contributed by atoms with van der Waals surface area (Å²) < 4.78 is 0. The molecule has 2 aromatic carbocycles. The molecule has 0 fully saturated rings. The van der Waals surface area contributed by atoms with E-state index >= 15 is 0 Å². The zero-order chi connectivity index (χ0) is 18.2. The molecule has 132 valence electrons. The monoisotopic (exact) mass is 339 g/mol. The highest BCUT2D eigenvalue weighted by Gasteiger charge is 2.12. The first-order valence-corrected chi connectivity index (χ1v) is 8.50. The molecule has 2 amide bonds. The smallest absolute Gasteiger partial charge is 0.255 e. The fourth-order valence-electron chi connectivity index (χ4n) is 2.45. The summed E-state index contributed by atoms with van der Waals surface area (Å²) in [4.78, 5) is 24.6. The zero-order valence-electron chi connectivity index (χ0n) is 14.9. The van der Waals surface area contributed by atoms with Gasteiger partial charge < -0.3 is 16.0 Å². The number of carbonyl (C=O) groups is 2. The van der Waals surface area contributed by atoms with E-state index in [1.165, 1.54) is 0 Å². The van der Waals surface area contributed by atoms with Crippen LogP contribution in [0.2, 0.25) is 0 Å². The highest BCUT2D eigenvalue weighted by Crippen LogP contribution is 2.18. The van der Waals surface area contributed by atoms with Gasteiger partial charge in [-0.1, -0.05) is 31.2 Å². The first-order valence-electron chi connectivity index (χ1n) is 8.50. The molecule has 2 rings (SSSR count). The van der Waals surface area contributed by atoms with E-state index in [-0.39, 0.29) is 17.9 Å². The minimum Gasteiger partial charge on any atom is -0.350 e. The lowest BCUT2D eigenvalue weighted by Gasteiger charge is -2.14. The number of rotatable bonds is 7. The largest absolute Gasteiger partial charge is 0.350 e. The molecule has 5 nitrogen and oxygen atoms in total. The molecule has 0 aromatic heterocycles. The first-order chi connectivity index (χ1) is 12.0. The van der Waals surface area contributed by atoms with Gasteiger partial charge in [0.25, 0.3) is 11.8 Å². The summed E-state index contributed by atoms with van der Waals surface area (Å²) in [6.07, 6.45) is 0. The van der Waals surface area contributed by atoms with Crippen LogP contribution < -0.4 is 16.0 Å². The van der Waals surface area contributed by atoms with Crippen molar-refractivity contribution in [1.82, 2.24) is 10.6 Å². The Bertz CT molecular complexity index is 729. The molecular weight excluding hydrogens is 314 g/mol. The summed E-state index contributed by atoms with van der Waals surface area (Å²) in [5.41, 5.74) is 2.65. The fourth-order valence-corrected chi connectivity index (χ4v) is 2.45. The van der Waals surface area contributed by atoms with Crippen LogP contribution in [0.4, 0.5) is 5.69 Å². The number of benzene rings is 2. The Morgan fingerprint density at radius 3 is 2.40 bits per heavy atom. The molecular formula is C20H25N3O2. The molecule has 0 aliphatic rings. The molecule has 0 radical (unpaired) electrons. The average molecular weight is 339 g/mol. The first kappa shape index (κ1) is 18.7. The Balaban J connectivity index is 2.06. The molecule has 0 saturated heterocycles. The number of hydrogen-bond acceptors (Lipinski definition) is 3. The second kappa shape index (κ2) is 8.99. The summed E-state index contributed by atoms with van der Waals surface area (Å²) in [6.45, 7) is 7.35. The second-order valence-corrected chi connectivity index (χ2v) is 6.02. The van der Waals surface area contributed by atoms with Crippen LogP contribution in [0, 0.1) is 6.92 Å². The molecule has 1 atom stereocenters. The van der Waals surface area contributed by atoms with Crippen molar-refractivity contribution < 1.29 is 9.59 Å². The van der Waals surface area contributed by atoms with Gasteiger partial charge in [0, 0.05) is 29.4 Å². The van der Waals surface area contributed by atoms with Gasteiger partial charge >= 0.3 is 0 Å². The molecule has 0 heterocycles. The van der Waals surface area contributed by atoms with E-state index in [1.807, 2.05) is 45.0 Å². The van der Waals surface area contributed by atoms with Crippen LogP contribution in [0.15, 0.2) is 48.5 Å². The second-order valence-electron chi connectivity index (χ2n) is 6.02. The minimum atomic E-state index is -0.193. The van der Waals surface area contributed by atoms with Gasteiger partial charge in [0.05, 0.1) is 0 Å². The quantitative estimate of drug-likeness (QED) is 0.726. The number of nitrogens with one attached hydrogen (secondary N) is 3. The Kier molecular flexibility index (Phi) is 6.71. The fraction of sp³-hybridized carbons (Fsp3) is 0.300. The normalized spacial score (nSPS) is 11.6. The molecule has 5 heteroatoms. The van der Waals surface area contributed by atoms with E-state index in [1.54, 1.807) is 24.3 Å². The molecule has 0 spiro atoms. The van der Waals surface area contributed by atoms with Gasteiger partial charge in [0.2, 0.25) is 0 Å². The average Bonchev–Trinajstić information content (AvgIpc) is 2.62. The molecule has 0 aliphatic carbocycles. The van der Waals surface area contributed by atoms with Crippen molar-refractivity contribution >= 4 is 17.5 Å². The lowest BCUT2D eigenvalue weighted by atomic mass is 10.1. The van der Waals surface area contributed by atoms with Crippen molar-refractivity contribution in [2.24, 2.45) is 0 Å². The molecule has 0 aliphatic heterocycles. The predicted molar refractivity (Wildman–Crippen MR) is 101 cm³/mol. The van der Waals surface area contributed by atoms with Crippen LogP contribution in [-0.4, -0.2) is 30.9 Å². The van der Waals surface area contributed by atoms with Crippen molar-refractivity contribution in [2.75, 3.05) is 18.4 Å². The standard InChI is InChI=1S/C20H25N3O2/c1-4-21-15(3)13-22-19(24)17-11-10-14(2)18(12-17)23-20(25)16-8-6-5-7-9-16/h5-12,15,21H,4,13H2,1-3H3,(H,22,24)(H,23,25)/t15-/m1/s1. The number of amides is 2. The van der Waals surface area contributed by atoms with E-state index in [0.717, 1.165) is 12.1 Å². The van der Waals surface area contributed by atoms with Crippen LogP contribution in [0.5, 0.6) is 0 Å². The van der Waals surface area contributed by atoms with Gasteiger partial charge in [-0.2, -0.15) is 0 Å². The third kappa shape index (κ3) is 5.43. The third-order valence-corrected chi connectivity index (χ3v) is 3.91. The summed E-state index contributed by atoms with van der Waals surface area (Å²) >= 11 is 0. The van der Waals surface area contributed by atoms with Crippen LogP contribution in [0.1, 0.15) is 40.1 Å². The van der Waals surface area contributed by atoms with Crippen LogP contribution in [0.3, 0.4) is 0 Å². The highest BCUT2D eigenvalue weighted by atomic mass is 16.2. The zero-order valence-corrected chi connectivity index (χ0v) is 14.9. The molecule has 0 unspecified atom stereocenters. The Morgan fingerprint density at radius 2 is 1.72 bits per heavy atom. The lowest BCUT2D eigenvalue weighted by Crippen LogP contribution is -2.38. The molecule has 0 saturated carbocycles. The van der Waals surface area contributed by atoms with E-state index < -0.39 is 0 Å². The van der Waals surface area contributed by atoms with Crippen LogP contribution in [0.25, 0.3) is 0 Å². The van der Waals surface area contributed by atoms with E-state index in [4.69, 9.17) is 0 Å². The van der Waals surface area contributed by atoms with Crippen LogP contribution in [-0.2, 0) is 0 Å². The highest BCUT2D eigenvalue weighted by molar-refractivity contribution is 6.05. The van der Waals surface area contributed by atoms with Crippen molar-refractivity contribution in [2.45, 2.75) is 26.8 Å². The molecule has 3 N–H and O–H groups in total. The number of anilines is 1. The van der Waals surface area contributed by atoms with Gasteiger partial charge in [0.1, 0.15) is 0 Å². The summed E-state index contributed by atoms with van der Waals surface area (Å²) in [7, 11) is 0. The van der Waals surface area contributed by atoms with Crippen molar-refractivity contribution in [3.63, 3.8) is 0 Å². The molecule has 25 heavy (non-hydrogen) atoms. The van der Waals surface area contributed by atoms with Gasteiger partial charge in [-0.25, -0.2) is 0 Å². The Labute approximate surface area is 148 Å². The lowest BCUT2D eigenvalue weighted by molar-refractivity contribution is 0.0949. The Hall–Kier alpha value is -2.66. The van der Waals surface area contributed by atoms with E-state index in [0.29, 0.717) is 23.4 Å². The number of likely N-dealkylation sites (N-methyl/N-ethyl adjacent to an activating group) is 1. The maximum absolute atomic E-state index is 12.3. The van der Waals surface area contributed by atoms with E-state index in [2.05, 4.69) is 16.0 Å². The number of hydrogen-bond donors (Lipinski definition) is 3. The van der Waals surface area contributed by atoms with Gasteiger partial charge in [-0.3, -0.25) is 9.59 Å². The number of carbonyl (C=O) groups excluding carboxylic acids is 2. The Morgan fingerprint density at radius 1 is 1.00 bits per heavy atom. The maximum atomic E-state index is 12.3. The van der Waals surface area contributed by atoms with Crippen molar-refractivity contribution in [3.05, 3.63) is 65.2 Å². The maximum Gasteiger partial charge on any atom is 0.255 e.